The van der Waals surface area contributed by atoms with Crippen LogP contribution in [0.2, 0.25) is 0 Å². The molecule has 1 unspecified atom stereocenters. The third-order valence-corrected chi connectivity index (χ3v) is 7.88. The van der Waals surface area contributed by atoms with Gasteiger partial charge >= 0.3 is 0 Å². The maximum atomic E-state index is 13.7. The summed E-state index contributed by atoms with van der Waals surface area (Å²) in [4.78, 5) is 36.1. The molecule has 0 aliphatic carbocycles. The Morgan fingerprint density at radius 3 is 2.50 bits per heavy atom. The summed E-state index contributed by atoms with van der Waals surface area (Å²) in [5, 5.41) is 19.2. The molecular formula is C29H39N5O3S. The number of thiophene rings is 1. The summed E-state index contributed by atoms with van der Waals surface area (Å²) in [6.45, 7) is 10.4. The van der Waals surface area contributed by atoms with Crippen LogP contribution in [0.1, 0.15) is 80.6 Å². The zero-order chi connectivity index (χ0) is 27.7. The van der Waals surface area contributed by atoms with Gasteiger partial charge in [-0.3, -0.25) is 14.2 Å². The van der Waals surface area contributed by atoms with Gasteiger partial charge in [0.1, 0.15) is 4.70 Å². The number of aromatic nitrogens is 2. The summed E-state index contributed by atoms with van der Waals surface area (Å²) in [7, 11) is 0. The number of likely N-dealkylation sites (tertiary alicyclic amines) is 1. The van der Waals surface area contributed by atoms with E-state index < -0.39 is 0 Å². The summed E-state index contributed by atoms with van der Waals surface area (Å²) in [5.74, 6) is 0.441. The van der Waals surface area contributed by atoms with Crippen molar-refractivity contribution in [2.45, 2.75) is 72.4 Å². The number of fused-ring (bicyclic) bond motifs is 1. The van der Waals surface area contributed by atoms with Gasteiger partial charge in [-0.15, -0.1) is 11.3 Å². The number of benzene rings is 1. The van der Waals surface area contributed by atoms with E-state index in [2.05, 4.69) is 11.0 Å². The summed E-state index contributed by atoms with van der Waals surface area (Å²) in [6.07, 6.45) is 4.88. The largest absolute Gasteiger partial charge is 0.394 e. The first kappa shape index (κ1) is 29.3. The molecule has 38 heavy (non-hydrogen) atoms. The third kappa shape index (κ3) is 6.08. The molecule has 2 saturated heterocycles. The second-order valence-electron chi connectivity index (χ2n) is 8.92. The van der Waals surface area contributed by atoms with Crippen LogP contribution in [0.5, 0.6) is 0 Å². The van der Waals surface area contributed by atoms with Crippen LogP contribution in [0.25, 0.3) is 10.2 Å². The van der Waals surface area contributed by atoms with Gasteiger partial charge in [0.25, 0.3) is 11.5 Å². The molecule has 2 aliphatic heterocycles. The second kappa shape index (κ2) is 14.1. The van der Waals surface area contributed by atoms with Gasteiger partial charge < -0.3 is 14.9 Å². The molecule has 1 N–H and O–H groups in total. The van der Waals surface area contributed by atoms with Crippen molar-refractivity contribution in [1.29, 1.82) is 5.26 Å². The average Bonchev–Trinajstić information content (AvgIpc) is 3.64. The highest BCUT2D eigenvalue weighted by molar-refractivity contribution is 7.20. The number of hydrogen-bond donors (Lipinski definition) is 1. The molecule has 9 heteroatoms. The van der Waals surface area contributed by atoms with Crippen LogP contribution < -0.4 is 10.5 Å². The fourth-order valence-electron chi connectivity index (χ4n) is 4.95. The highest BCUT2D eigenvalue weighted by Crippen LogP contribution is 2.29. The molecule has 0 radical (unpaired) electrons. The third-order valence-electron chi connectivity index (χ3n) is 6.78. The lowest BCUT2D eigenvalue weighted by atomic mass is 10.1. The summed E-state index contributed by atoms with van der Waals surface area (Å²) in [6, 6.07) is 11.1. The molecular weight excluding hydrogens is 498 g/mol. The lowest BCUT2D eigenvalue weighted by molar-refractivity contribution is 0.0682. The molecule has 1 aromatic carbocycles. The van der Waals surface area contributed by atoms with Crippen molar-refractivity contribution < 1.29 is 9.90 Å². The van der Waals surface area contributed by atoms with Crippen LogP contribution >= 0.6 is 11.3 Å². The Balaban J connectivity index is 0.000000956. The van der Waals surface area contributed by atoms with Gasteiger partial charge in [0.05, 0.1) is 41.2 Å². The Morgan fingerprint density at radius 2 is 1.82 bits per heavy atom. The van der Waals surface area contributed by atoms with Crippen LogP contribution in [-0.2, 0) is 6.54 Å². The van der Waals surface area contributed by atoms with E-state index >= 15 is 0 Å². The molecule has 3 aromatic rings. The number of rotatable bonds is 5. The molecule has 0 spiro atoms. The average molecular weight is 538 g/mol. The Kier molecular flexibility index (Phi) is 10.9. The number of carbonyl (C=O) groups excluding carboxylic acids is 1. The van der Waals surface area contributed by atoms with Gasteiger partial charge in [-0.2, -0.15) is 5.26 Å². The monoisotopic (exact) mass is 537 g/mol. The van der Waals surface area contributed by atoms with Gasteiger partial charge in [0.2, 0.25) is 5.95 Å². The SMILES string of the molecule is CC.CC.N#Cc1ccccc1Cn1c(N2CCCCC2)nc2cc(C(=O)N3CCCC3CO)sc2c1=O. The normalized spacial score (nSPS) is 16.8. The topological polar surface area (TPSA) is 102 Å². The molecule has 0 bridgehead atoms. The molecule has 204 valence electrons. The summed E-state index contributed by atoms with van der Waals surface area (Å²) >= 11 is 1.17. The number of nitriles is 1. The highest BCUT2D eigenvalue weighted by atomic mass is 32.1. The number of carbonyl (C=O) groups is 1. The van der Waals surface area contributed by atoms with Gasteiger partial charge in [0.15, 0.2) is 0 Å². The molecule has 4 heterocycles. The van der Waals surface area contributed by atoms with Gasteiger partial charge in [-0.05, 0) is 49.8 Å². The molecule has 0 saturated carbocycles. The number of aliphatic hydroxyl groups excluding tert-OH is 1. The number of anilines is 1. The van der Waals surface area contributed by atoms with E-state index in [9.17, 15) is 20.0 Å². The number of aliphatic hydroxyl groups is 1. The first-order valence-corrected chi connectivity index (χ1v) is 14.6. The summed E-state index contributed by atoms with van der Waals surface area (Å²) in [5.41, 5.74) is 1.64. The Hall–Kier alpha value is -3.22. The molecule has 8 nitrogen and oxygen atoms in total. The van der Waals surface area contributed by atoms with Crippen LogP contribution in [0, 0.1) is 11.3 Å². The van der Waals surface area contributed by atoms with Crippen molar-refractivity contribution in [1.82, 2.24) is 14.5 Å². The molecule has 2 aliphatic rings. The molecule has 2 fully saturated rings. The van der Waals surface area contributed by atoms with Crippen molar-refractivity contribution in [3.8, 4) is 6.07 Å². The number of piperidine rings is 1. The van der Waals surface area contributed by atoms with E-state index in [-0.39, 0.29) is 30.7 Å². The molecule has 2 aromatic heterocycles. The Labute approximate surface area is 229 Å². The van der Waals surface area contributed by atoms with Gasteiger partial charge in [-0.25, -0.2) is 4.98 Å². The van der Waals surface area contributed by atoms with Crippen LogP contribution in [0.3, 0.4) is 0 Å². The van der Waals surface area contributed by atoms with Crippen LogP contribution in [0.15, 0.2) is 35.1 Å². The zero-order valence-electron chi connectivity index (χ0n) is 22.9. The number of hydrogen-bond acceptors (Lipinski definition) is 7. The molecule has 5 rings (SSSR count). The van der Waals surface area contributed by atoms with E-state index in [1.165, 1.54) is 11.3 Å². The fraction of sp³-hybridized carbons (Fsp3) is 0.517. The van der Waals surface area contributed by atoms with Crippen molar-refractivity contribution in [2.24, 2.45) is 0 Å². The van der Waals surface area contributed by atoms with Crippen molar-refractivity contribution in [3.05, 3.63) is 56.7 Å². The highest BCUT2D eigenvalue weighted by Gasteiger charge is 2.30. The van der Waals surface area contributed by atoms with Crippen LogP contribution in [-0.4, -0.2) is 57.7 Å². The van der Waals surface area contributed by atoms with Crippen molar-refractivity contribution >= 4 is 33.4 Å². The molecule has 1 atom stereocenters. The number of amides is 1. The minimum absolute atomic E-state index is 0.0564. The van der Waals surface area contributed by atoms with E-state index in [1.54, 1.807) is 21.6 Å². The van der Waals surface area contributed by atoms with E-state index in [4.69, 9.17) is 4.98 Å². The standard InChI is InChI=1S/C25H27N5O3S.2C2H6/c26-14-17-7-2-3-8-18(17)15-30-24(33)22-20(27-25(30)28-10-4-1-5-11-28)13-21(34-22)23(32)29-12-6-9-19(29)16-31;2*1-2/h2-3,7-8,13,19,31H,1,4-6,9-12,15-16H2;2*1-2H3. The predicted molar refractivity (Wildman–Crippen MR) is 154 cm³/mol. The Bertz CT molecular complexity index is 1320. The second-order valence-corrected chi connectivity index (χ2v) is 9.97. The van der Waals surface area contributed by atoms with Gasteiger partial charge in [0, 0.05) is 19.6 Å². The van der Waals surface area contributed by atoms with Crippen molar-refractivity contribution in [3.63, 3.8) is 0 Å². The lowest BCUT2D eigenvalue weighted by Gasteiger charge is -2.29. The fourth-order valence-corrected chi connectivity index (χ4v) is 5.96. The smallest absolute Gasteiger partial charge is 0.273 e. The van der Waals surface area contributed by atoms with Gasteiger partial charge in [-0.1, -0.05) is 45.9 Å². The maximum Gasteiger partial charge on any atom is 0.273 e. The first-order chi connectivity index (χ1) is 18.6. The minimum Gasteiger partial charge on any atom is -0.394 e. The predicted octanol–water partition coefficient (Wildman–Crippen LogP) is 5.02. The molecule has 1 amide bonds. The quantitative estimate of drug-likeness (QED) is 0.490. The summed E-state index contributed by atoms with van der Waals surface area (Å²) < 4.78 is 2.10. The van der Waals surface area contributed by atoms with E-state index in [0.717, 1.165) is 50.8 Å². The van der Waals surface area contributed by atoms with Crippen LogP contribution in [0.4, 0.5) is 5.95 Å². The first-order valence-electron chi connectivity index (χ1n) is 13.8. The zero-order valence-corrected chi connectivity index (χ0v) is 23.8. The Morgan fingerprint density at radius 1 is 1.11 bits per heavy atom. The maximum absolute atomic E-state index is 13.7. The van der Waals surface area contributed by atoms with Crippen molar-refractivity contribution in [2.75, 3.05) is 31.1 Å². The van der Waals surface area contributed by atoms with E-state index in [0.29, 0.717) is 33.2 Å². The van der Waals surface area contributed by atoms with E-state index in [1.807, 2.05) is 45.9 Å². The minimum atomic E-state index is -0.192. The number of nitrogens with zero attached hydrogens (tertiary/aromatic N) is 5. The lowest BCUT2D eigenvalue weighted by Crippen LogP contribution is -2.37.